The van der Waals surface area contributed by atoms with Crippen LogP contribution in [0.2, 0.25) is 0 Å². The van der Waals surface area contributed by atoms with Crippen molar-refractivity contribution < 1.29 is 33.1 Å². The highest BCUT2D eigenvalue weighted by Crippen LogP contribution is 2.34. The third-order valence-electron chi connectivity index (χ3n) is 3.40. The molecule has 0 N–H and O–H groups in total. The van der Waals surface area contributed by atoms with Crippen LogP contribution in [0.5, 0.6) is 11.5 Å². The van der Waals surface area contributed by atoms with Crippen LogP contribution in [0, 0.1) is 15.9 Å². The minimum Gasteiger partial charge on any atom is -0.493 e. The third-order valence-corrected chi connectivity index (χ3v) is 3.40. The van der Waals surface area contributed by atoms with Gasteiger partial charge in [0.15, 0.2) is 23.9 Å². The van der Waals surface area contributed by atoms with Gasteiger partial charge in [-0.25, -0.2) is 9.18 Å². The second-order valence-electron chi connectivity index (χ2n) is 4.99. The molecule has 136 valence electrons. The van der Waals surface area contributed by atoms with Crippen LogP contribution in [-0.2, 0) is 4.74 Å². The molecule has 2 aromatic carbocycles. The predicted molar refractivity (Wildman–Crippen MR) is 87.2 cm³/mol. The number of carbonyl (C=O) groups is 2. The maximum Gasteiger partial charge on any atom is 0.345 e. The first kappa shape index (κ1) is 18.8. The van der Waals surface area contributed by atoms with Crippen molar-refractivity contribution in [2.75, 3.05) is 20.8 Å². The van der Waals surface area contributed by atoms with Gasteiger partial charge in [-0.15, -0.1) is 0 Å². The third kappa shape index (κ3) is 4.12. The molecule has 0 bridgehead atoms. The number of halogens is 1. The van der Waals surface area contributed by atoms with E-state index in [4.69, 9.17) is 14.2 Å². The summed E-state index contributed by atoms with van der Waals surface area (Å²) in [6.45, 7) is -0.701. The van der Waals surface area contributed by atoms with E-state index in [1.807, 2.05) is 0 Å². The Morgan fingerprint density at radius 2 is 1.77 bits per heavy atom. The van der Waals surface area contributed by atoms with Gasteiger partial charge in [-0.05, 0) is 12.1 Å². The quantitative estimate of drug-likeness (QED) is 0.322. The van der Waals surface area contributed by atoms with Crippen LogP contribution >= 0.6 is 0 Å². The first-order valence-corrected chi connectivity index (χ1v) is 7.23. The van der Waals surface area contributed by atoms with Crippen molar-refractivity contribution in [1.29, 1.82) is 0 Å². The lowest BCUT2D eigenvalue weighted by molar-refractivity contribution is -0.385. The molecule has 0 unspecified atom stereocenters. The molecule has 2 rings (SSSR count). The predicted octanol–water partition coefficient (Wildman–Crippen LogP) is 2.79. The second kappa shape index (κ2) is 8.06. The SMILES string of the molecule is COc1cc(C(=O)OCC(=O)c2cccc(F)c2)c([N+](=O)[O-])cc1OC. The standard InChI is InChI=1S/C17H14FNO7/c1-24-15-7-12(13(19(22)23)8-16(15)25-2)17(21)26-9-14(20)10-4-3-5-11(18)6-10/h3-8H,9H2,1-2H3. The molecule has 0 saturated heterocycles. The molecule has 26 heavy (non-hydrogen) atoms. The van der Waals surface area contributed by atoms with Gasteiger partial charge in [-0.2, -0.15) is 0 Å². The number of benzene rings is 2. The lowest BCUT2D eigenvalue weighted by Gasteiger charge is -2.10. The van der Waals surface area contributed by atoms with Crippen molar-refractivity contribution in [3.63, 3.8) is 0 Å². The number of carbonyl (C=O) groups excluding carboxylic acids is 2. The molecule has 0 spiro atoms. The number of nitro groups is 1. The normalized spacial score (nSPS) is 10.1. The first-order chi connectivity index (χ1) is 12.4. The van der Waals surface area contributed by atoms with Crippen molar-refractivity contribution in [3.8, 4) is 11.5 Å². The number of hydrogen-bond acceptors (Lipinski definition) is 7. The summed E-state index contributed by atoms with van der Waals surface area (Å²) in [6, 6.07) is 6.96. The van der Waals surface area contributed by atoms with E-state index in [9.17, 15) is 24.1 Å². The summed E-state index contributed by atoms with van der Waals surface area (Å²) in [5.41, 5.74) is -0.954. The number of Topliss-reactive ketones (excluding diaryl/α,β-unsaturated/α-hetero) is 1. The van der Waals surface area contributed by atoms with Crippen molar-refractivity contribution >= 4 is 17.4 Å². The average molecular weight is 363 g/mol. The topological polar surface area (TPSA) is 105 Å². The fraction of sp³-hybridized carbons (Fsp3) is 0.176. The van der Waals surface area contributed by atoms with E-state index in [2.05, 4.69) is 0 Å². The summed E-state index contributed by atoms with van der Waals surface area (Å²) in [5, 5.41) is 11.2. The summed E-state index contributed by atoms with van der Waals surface area (Å²) in [5.74, 6) is -2.21. The lowest BCUT2D eigenvalue weighted by atomic mass is 10.1. The van der Waals surface area contributed by atoms with Crippen LogP contribution in [0.1, 0.15) is 20.7 Å². The van der Waals surface area contributed by atoms with Gasteiger partial charge in [0.1, 0.15) is 11.4 Å². The Balaban J connectivity index is 2.23. The van der Waals surface area contributed by atoms with E-state index in [0.717, 1.165) is 24.3 Å². The molecule has 8 nitrogen and oxygen atoms in total. The number of rotatable bonds is 7. The number of hydrogen-bond donors (Lipinski definition) is 0. The molecule has 0 aliphatic carbocycles. The zero-order valence-corrected chi connectivity index (χ0v) is 13.9. The lowest BCUT2D eigenvalue weighted by Crippen LogP contribution is -2.15. The second-order valence-corrected chi connectivity index (χ2v) is 4.99. The minimum absolute atomic E-state index is 0.0135. The van der Waals surface area contributed by atoms with E-state index in [1.165, 1.54) is 26.4 Å². The number of esters is 1. The number of ketones is 1. The summed E-state index contributed by atoms with van der Waals surface area (Å²) in [7, 11) is 2.59. The van der Waals surface area contributed by atoms with E-state index in [0.29, 0.717) is 0 Å². The average Bonchev–Trinajstić information content (AvgIpc) is 2.64. The molecular weight excluding hydrogens is 349 g/mol. The van der Waals surface area contributed by atoms with Gasteiger partial charge in [0.05, 0.1) is 25.2 Å². The molecule has 0 fully saturated rings. The number of nitrogens with zero attached hydrogens (tertiary/aromatic N) is 1. The zero-order valence-electron chi connectivity index (χ0n) is 13.9. The van der Waals surface area contributed by atoms with Crippen LogP contribution in [0.3, 0.4) is 0 Å². The van der Waals surface area contributed by atoms with E-state index in [1.54, 1.807) is 0 Å². The maximum atomic E-state index is 13.1. The maximum absolute atomic E-state index is 13.1. The van der Waals surface area contributed by atoms with Gasteiger partial charge in [-0.3, -0.25) is 14.9 Å². The molecule has 0 heterocycles. The molecule has 0 aliphatic rings. The Bertz CT molecular complexity index is 866. The van der Waals surface area contributed by atoms with Crippen LogP contribution in [0.25, 0.3) is 0 Å². The highest BCUT2D eigenvalue weighted by Gasteiger charge is 2.26. The first-order valence-electron chi connectivity index (χ1n) is 7.23. The van der Waals surface area contributed by atoms with Crippen molar-refractivity contribution in [2.45, 2.75) is 0 Å². The van der Waals surface area contributed by atoms with Crippen molar-refractivity contribution in [3.05, 3.63) is 63.5 Å². The molecule has 2 aromatic rings. The largest absolute Gasteiger partial charge is 0.493 e. The number of nitro benzene ring substituents is 1. The highest BCUT2D eigenvalue weighted by atomic mass is 19.1. The van der Waals surface area contributed by atoms with Gasteiger partial charge in [-0.1, -0.05) is 12.1 Å². The summed E-state index contributed by atoms with van der Waals surface area (Å²) in [6.07, 6.45) is 0. The van der Waals surface area contributed by atoms with Gasteiger partial charge >= 0.3 is 5.97 Å². The van der Waals surface area contributed by atoms with E-state index in [-0.39, 0.29) is 17.1 Å². The fourth-order valence-electron chi connectivity index (χ4n) is 2.14. The van der Waals surface area contributed by atoms with Crippen molar-refractivity contribution in [2.24, 2.45) is 0 Å². The van der Waals surface area contributed by atoms with Crippen LogP contribution in [0.4, 0.5) is 10.1 Å². The van der Waals surface area contributed by atoms with Gasteiger partial charge in [0.25, 0.3) is 5.69 Å². The van der Waals surface area contributed by atoms with Gasteiger partial charge in [0.2, 0.25) is 0 Å². The molecule has 0 amide bonds. The van der Waals surface area contributed by atoms with E-state index < -0.39 is 40.4 Å². The fourth-order valence-corrected chi connectivity index (χ4v) is 2.14. The Hall–Kier alpha value is -3.49. The Kier molecular flexibility index (Phi) is 5.84. The molecular formula is C17H14FNO7. The molecule has 0 aromatic heterocycles. The van der Waals surface area contributed by atoms with Gasteiger partial charge < -0.3 is 14.2 Å². The minimum atomic E-state index is -1.09. The highest BCUT2D eigenvalue weighted by molar-refractivity contribution is 6.00. The van der Waals surface area contributed by atoms with Gasteiger partial charge in [0, 0.05) is 11.6 Å². The summed E-state index contributed by atoms with van der Waals surface area (Å²) < 4.78 is 27.9. The summed E-state index contributed by atoms with van der Waals surface area (Å²) in [4.78, 5) is 34.5. The number of methoxy groups -OCH3 is 2. The molecule has 0 saturated carbocycles. The Labute approximate surface area is 147 Å². The van der Waals surface area contributed by atoms with Crippen LogP contribution in [0.15, 0.2) is 36.4 Å². The Morgan fingerprint density at radius 1 is 1.12 bits per heavy atom. The summed E-state index contributed by atoms with van der Waals surface area (Å²) >= 11 is 0. The monoisotopic (exact) mass is 363 g/mol. The van der Waals surface area contributed by atoms with Crippen LogP contribution < -0.4 is 9.47 Å². The Morgan fingerprint density at radius 3 is 2.35 bits per heavy atom. The smallest absolute Gasteiger partial charge is 0.345 e. The van der Waals surface area contributed by atoms with Crippen LogP contribution in [-0.4, -0.2) is 37.5 Å². The van der Waals surface area contributed by atoms with Crippen molar-refractivity contribution in [1.82, 2.24) is 0 Å². The molecule has 0 radical (unpaired) electrons. The zero-order chi connectivity index (χ0) is 19.3. The van der Waals surface area contributed by atoms with E-state index >= 15 is 0 Å². The number of ether oxygens (including phenoxy) is 3. The molecule has 9 heteroatoms. The molecule has 0 atom stereocenters. The molecule has 0 aliphatic heterocycles.